The summed E-state index contributed by atoms with van der Waals surface area (Å²) in [6.07, 6.45) is 4.91. The van der Waals surface area contributed by atoms with Gasteiger partial charge in [0.2, 0.25) is 10.0 Å². The van der Waals surface area contributed by atoms with E-state index in [-0.39, 0.29) is 29.3 Å². The maximum Gasteiger partial charge on any atom is 0.251 e. The number of hydrogen-bond donors (Lipinski definition) is 3. The first-order valence-corrected chi connectivity index (χ1v) is 10.5. The molecular weight excluding hydrogens is 374 g/mol. The third-order valence-corrected chi connectivity index (χ3v) is 6.09. The summed E-state index contributed by atoms with van der Waals surface area (Å²) in [7, 11) is -3.61. The highest BCUT2D eigenvalue weighted by Gasteiger charge is 2.25. The van der Waals surface area contributed by atoms with Crippen LogP contribution in [0.4, 0.5) is 0 Å². The van der Waals surface area contributed by atoms with Crippen LogP contribution in [0.1, 0.15) is 54.9 Å². The Hall–Kier alpha value is -1.15. The van der Waals surface area contributed by atoms with E-state index < -0.39 is 10.0 Å². The molecule has 3 N–H and O–H groups in total. The van der Waals surface area contributed by atoms with Crippen LogP contribution in [0.3, 0.4) is 0 Å². The van der Waals surface area contributed by atoms with Gasteiger partial charge in [0.15, 0.2) is 0 Å². The second-order valence-electron chi connectivity index (χ2n) is 6.59. The molecule has 0 aromatic heterocycles. The normalized spacial score (nSPS) is 14.8. The Balaban J connectivity index is 0.00000338. The minimum atomic E-state index is -3.61. The van der Waals surface area contributed by atoms with E-state index in [0.717, 1.165) is 38.6 Å². The van der Waals surface area contributed by atoms with Crippen LogP contribution in [0.15, 0.2) is 23.1 Å². The summed E-state index contributed by atoms with van der Waals surface area (Å²) in [5.74, 6) is -0.254. The lowest BCUT2D eigenvalue weighted by Gasteiger charge is -2.15. The quantitative estimate of drug-likeness (QED) is 0.552. The Morgan fingerprint density at radius 3 is 2.50 bits per heavy atom. The lowest BCUT2D eigenvalue weighted by atomic mass is 10.1. The minimum absolute atomic E-state index is 0. The van der Waals surface area contributed by atoms with Crippen molar-refractivity contribution < 1.29 is 13.2 Å². The molecule has 1 aliphatic rings. The number of amides is 1. The van der Waals surface area contributed by atoms with Crippen molar-refractivity contribution in [3.05, 3.63) is 29.3 Å². The predicted molar refractivity (Wildman–Crippen MR) is 106 cm³/mol. The fraction of sp³-hybridized carbons (Fsp3) is 0.611. The number of hydrogen-bond acceptors (Lipinski definition) is 4. The zero-order chi connectivity index (χ0) is 18.3. The highest BCUT2D eigenvalue weighted by molar-refractivity contribution is 7.89. The number of aryl methyl sites for hydroxylation is 1. The summed E-state index contributed by atoms with van der Waals surface area (Å²) in [5.41, 5.74) is 1.01. The van der Waals surface area contributed by atoms with Gasteiger partial charge in [0.25, 0.3) is 5.91 Å². The first-order chi connectivity index (χ1) is 11.9. The van der Waals surface area contributed by atoms with E-state index in [4.69, 9.17) is 0 Å². The summed E-state index contributed by atoms with van der Waals surface area (Å²) in [6, 6.07) is 4.83. The van der Waals surface area contributed by atoms with Gasteiger partial charge in [-0.1, -0.05) is 25.8 Å². The van der Waals surface area contributed by atoms with E-state index in [1.165, 1.54) is 6.07 Å². The van der Waals surface area contributed by atoms with Crippen LogP contribution < -0.4 is 15.4 Å². The summed E-state index contributed by atoms with van der Waals surface area (Å²) in [5, 5.41) is 6.02. The third-order valence-electron chi connectivity index (χ3n) is 4.43. The number of nitrogens with one attached hydrogen (secondary N) is 3. The molecule has 6 nitrogen and oxygen atoms in total. The number of benzene rings is 1. The maximum atomic E-state index is 12.7. The van der Waals surface area contributed by atoms with Crippen LogP contribution in [0.5, 0.6) is 0 Å². The Morgan fingerprint density at radius 2 is 1.85 bits per heavy atom. The monoisotopic (exact) mass is 403 g/mol. The molecule has 1 aliphatic carbocycles. The predicted octanol–water partition coefficient (Wildman–Crippen LogP) is 2.37. The second kappa shape index (κ2) is 10.9. The van der Waals surface area contributed by atoms with Gasteiger partial charge in [-0.3, -0.25) is 4.79 Å². The van der Waals surface area contributed by atoms with Crippen LogP contribution in [0, 0.1) is 6.92 Å². The summed E-state index contributed by atoms with van der Waals surface area (Å²) in [6.45, 7) is 5.95. The molecule has 1 saturated carbocycles. The van der Waals surface area contributed by atoms with Gasteiger partial charge in [0, 0.05) is 24.7 Å². The molecule has 0 heterocycles. The fourth-order valence-corrected chi connectivity index (χ4v) is 4.60. The standard InChI is InChI=1S/C18H29N3O3S.ClH/c1-3-10-19-11-12-20-18(22)15-9-8-14(2)17(13-15)25(23,24)21-16-6-4-5-7-16;/h8-9,13,16,19,21H,3-7,10-12H2,1-2H3,(H,20,22);1H. The van der Waals surface area contributed by atoms with Gasteiger partial charge in [-0.25, -0.2) is 13.1 Å². The topological polar surface area (TPSA) is 87.3 Å². The maximum absolute atomic E-state index is 12.7. The Kier molecular flexibility index (Phi) is 9.57. The molecule has 148 valence electrons. The van der Waals surface area contributed by atoms with Crippen LogP contribution in [-0.4, -0.2) is 40.0 Å². The van der Waals surface area contributed by atoms with Crippen molar-refractivity contribution in [3.8, 4) is 0 Å². The molecule has 0 bridgehead atoms. The Labute approximate surface area is 163 Å². The van der Waals surface area contributed by atoms with E-state index in [0.29, 0.717) is 24.2 Å². The molecule has 0 aliphatic heterocycles. The van der Waals surface area contributed by atoms with Gasteiger partial charge in [0.05, 0.1) is 4.90 Å². The summed E-state index contributed by atoms with van der Waals surface area (Å²) in [4.78, 5) is 12.4. The van der Waals surface area contributed by atoms with E-state index in [2.05, 4.69) is 22.3 Å². The first-order valence-electron chi connectivity index (χ1n) is 9.06. The molecule has 0 atom stereocenters. The van der Waals surface area contributed by atoms with Gasteiger partial charge in [-0.05, 0) is 50.4 Å². The third kappa shape index (κ3) is 6.54. The molecule has 1 amide bonds. The second-order valence-corrected chi connectivity index (χ2v) is 8.27. The van der Waals surface area contributed by atoms with Gasteiger partial charge < -0.3 is 10.6 Å². The molecule has 8 heteroatoms. The van der Waals surface area contributed by atoms with Crippen LogP contribution >= 0.6 is 12.4 Å². The van der Waals surface area contributed by atoms with Gasteiger partial charge in [-0.2, -0.15) is 0 Å². The minimum Gasteiger partial charge on any atom is -0.351 e. The lowest BCUT2D eigenvalue weighted by Crippen LogP contribution is -2.34. The average Bonchev–Trinajstić information content (AvgIpc) is 3.07. The number of carbonyl (C=O) groups is 1. The number of sulfonamides is 1. The Morgan fingerprint density at radius 1 is 1.15 bits per heavy atom. The van der Waals surface area contributed by atoms with Crippen molar-refractivity contribution in [3.63, 3.8) is 0 Å². The van der Waals surface area contributed by atoms with E-state index >= 15 is 0 Å². The van der Waals surface area contributed by atoms with Crippen LogP contribution in [-0.2, 0) is 10.0 Å². The molecule has 1 aromatic carbocycles. The summed E-state index contributed by atoms with van der Waals surface area (Å²) < 4.78 is 28.1. The molecule has 1 fully saturated rings. The number of halogens is 1. The molecule has 0 spiro atoms. The molecule has 0 unspecified atom stereocenters. The van der Waals surface area contributed by atoms with Crippen molar-refractivity contribution in [1.82, 2.24) is 15.4 Å². The van der Waals surface area contributed by atoms with Crippen molar-refractivity contribution in [1.29, 1.82) is 0 Å². The van der Waals surface area contributed by atoms with Crippen molar-refractivity contribution in [2.75, 3.05) is 19.6 Å². The SMILES string of the molecule is CCCNCCNC(=O)c1ccc(C)c(S(=O)(=O)NC2CCCC2)c1.Cl. The molecule has 26 heavy (non-hydrogen) atoms. The van der Waals surface area contributed by atoms with Crippen LogP contribution in [0.25, 0.3) is 0 Å². The largest absolute Gasteiger partial charge is 0.351 e. The van der Waals surface area contributed by atoms with Gasteiger partial charge in [-0.15, -0.1) is 12.4 Å². The molecule has 0 radical (unpaired) electrons. The Bertz CT molecular complexity index is 689. The van der Waals surface area contributed by atoms with Crippen molar-refractivity contribution in [2.24, 2.45) is 0 Å². The highest BCUT2D eigenvalue weighted by atomic mass is 35.5. The summed E-state index contributed by atoms with van der Waals surface area (Å²) >= 11 is 0. The molecule has 0 saturated heterocycles. The molecular formula is C18H30ClN3O3S. The average molecular weight is 404 g/mol. The van der Waals surface area contributed by atoms with E-state index in [9.17, 15) is 13.2 Å². The van der Waals surface area contributed by atoms with Crippen LogP contribution in [0.2, 0.25) is 0 Å². The molecule has 1 aromatic rings. The molecule has 2 rings (SSSR count). The van der Waals surface area contributed by atoms with E-state index in [1.54, 1.807) is 19.1 Å². The van der Waals surface area contributed by atoms with E-state index in [1.807, 2.05) is 0 Å². The van der Waals surface area contributed by atoms with Gasteiger partial charge in [0.1, 0.15) is 0 Å². The highest BCUT2D eigenvalue weighted by Crippen LogP contribution is 2.22. The number of carbonyl (C=O) groups excluding carboxylic acids is 1. The zero-order valence-corrected chi connectivity index (χ0v) is 17.1. The fourth-order valence-electron chi connectivity index (χ4n) is 3.03. The van der Waals surface area contributed by atoms with Gasteiger partial charge >= 0.3 is 0 Å². The lowest BCUT2D eigenvalue weighted by molar-refractivity contribution is 0.0953. The van der Waals surface area contributed by atoms with Crippen molar-refractivity contribution in [2.45, 2.75) is 56.9 Å². The first kappa shape index (κ1) is 22.9. The zero-order valence-electron chi connectivity index (χ0n) is 15.5. The number of rotatable bonds is 9. The smallest absolute Gasteiger partial charge is 0.251 e. The van der Waals surface area contributed by atoms with Crippen molar-refractivity contribution >= 4 is 28.3 Å².